The molecule has 0 aromatic heterocycles. The van der Waals surface area contributed by atoms with Gasteiger partial charge in [-0.2, -0.15) is 0 Å². The monoisotopic (exact) mass is 304 g/mol. The van der Waals surface area contributed by atoms with Gasteiger partial charge in [0.2, 0.25) is 6.34 Å². The summed E-state index contributed by atoms with van der Waals surface area (Å²) in [4.78, 5) is 12.7. The van der Waals surface area contributed by atoms with Gasteiger partial charge in [0.15, 0.2) is 0 Å². The lowest BCUT2D eigenvalue weighted by Crippen LogP contribution is -2.44. The van der Waals surface area contributed by atoms with Gasteiger partial charge in [-0.25, -0.2) is 0 Å². The van der Waals surface area contributed by atoms with Gasteiger partial charge in [0, 0.05) is 33.8 Å². The highest BCUT2D eigenvalue weighted by Gasteiger charge is 2.37. The first kappa shape index (κ1) is 17.1. The molecule has 1 rings (SSSR count). The summed E-state index contributed by atoms with van der Waals surface area (Å²) in [5.74, 6) is -1.05. The molecule has 8 heteroatoms. The summed E-state index contributed by atoms with van der Waals surface area (Å²) >= 11 is 0. The maximum atomic E-state index is 10.6. The average molecular weight is 304 g/mol. The molecule has 1 aliphatic rings. The lowest BCUT2D eigenvalue weighted by Gasteiger charge is -2.25. The zero-order valence-electron chi connectivity index (χ0n) is 12.5. The van der Waals surface area contributed by atoms with Crippen molar-refractivity contribution >= 4 is 21.1 Å². The van der Waals surface area contributed by atoms with E-state index in [1.807, 2.05) is 6.34 Å². The molecule has 0 atom stereocenters. The number of aliphatic carboxylic acids is 1. The number of carboxylic acids is 1. The lowest BCUT2D eigenvalue weighted by atomic mass is 10.3. The van der Waals surface area contributed by atoms with Gasteiger partial charge in [-0.1, -0.05) is 0 Å². The fourth-order valence-corrected chi connectivity index (χ4v) is 4.04. The topological polar surface area (TPSA) is 74.1 Å². The van der Waals surface area contributed by atoms with E-state index in [0.717, 1.165) is 38.5 Å². The molecule has 0 aromatic rings. The van der Waals surface area contributed by atoms with Crippen LogP contribution in [0.1, 0.15) is 12.8 Å². The highest BCUT2D eigenvalue weighted by atomic mass is 28.4. The normalized spacial score (nSPS) is 16.1. The highest BCUT2D eigenvalue weighted by Crippen LogP contribution is 2.15. The van der Waals surface area contributed by atoms with Gasteiger partial charge in [-0.05, 0) is 6.42 Å². The van der Waals surface area contributed by atoms with Crippen LogP contribution in [0, 0.1) is 0 Å². The van der Waals surface area contributed by atoms with Crippen LogP contribution in [0.5, 0.6) is 0 Å². The van der Waals surface area contributed by atoms with Crippen LogP contribution >= 0.6 is 0 Å². The zero-order valence-corrected chi connectivity index (χ0v) is 13.5. The maximum absolute atomic E-state index is 10.6. The first-order chi connectivity index (χ1) is 9.55. The molecular weight excluding hydrogens is 280 g/mol. The molecular formula is C12H24N2O5Si. The number of carbonyl (C=O) groups is 1. The van der Waals surface area contributed by atoms with E-state index in [4.69, 9.17) is 13.3 Å². The molecule has 0 radical (unpaired) electrons. The summed E-state index contributed by atoms with van der Waals surface area (Å²) in [7, 11) is 2.31. The molecule has 1 heterocycles. The van der Waals surface area contributed by atoms with Crippen molar-refractivity contribution < 1.29 is 27.8 Å². The summed E-state index contributed by atoms with van der Waals surface area (Å²) in [5, 5.41) is 10.6. The molecule has 7 nitrogen and oxygen atoms in total. The minimum atomic E-state index is -2.50. The molecule has 20 heavy (non-hydrogen) atoms. The second-order valence-corrected chi connectivity index (χ2v) is 7.84. The Bertz CT molecular complexity index is 338. The largest absolute Gasteiger partial charge is 0.546 e. The van der Waals surface area contributed by atoms with E-state index in [9.17, 15) is 9.90 Å². The summed E-state index contributed by atoms with van der Waals surface area (Å²) < 4.78 is 17.9. The molecule has 0 amide bonds. The summed E-state index contributed by atoms with van der Waals surface area (Å²) in [6, 6.07) is 0.737. The van der Waals surface area contributed by atoms with Gasteiger partial charge in [0.25, 0.3) is 0 Å². The number of nitrogens with zero attached hydrogens (tertiary/aromatic N) is 2. The average Bonchev–Trinajstić information content (AvgIpc) is 2.44. The van der Waals surface area contributed by atoms with Gasteiger partial charge >= 0.3 is 8.80 Å². The van der Waals surface area contributed by atoms with Gasteiger partial charge in [-0.15, -0.1) is 0 Å². The van der Waals surface area contributed by atoms with Gasteiger partial charge in [0.1, 0.15) is 6.54 Å². The predicted octanol–water partition coefficient (Wildman–Crippen LogP) is -1.25. The van der Waals surface area contributed by atoms with Crippen LogP contribution in [0.4, 0.5) is 0 Å². The van der Waals surface area contributed by atoms with E-state index >= 15 is 0 Å². The number of carboxylic acid groups (broad SMARTS) is 1. The SMILES string of the molecule is CO[Si](CCCN1C=[N+](CC(=O)[O-])CCC1)(OC)OC. The van der Waals surface area contributed by atoms with Gasteiger partial charge in [0.05, 0.1) is 25.6 Å². The second-order valence-electron chi connectivity index (χ2n) is 4.75. The Morgan fingerprint density at radius 1 is 1.35 bits per heavy atom. The molecule has 0 aromatic carbocycles. The summed E-state index contributed by atoms with van der Waals surface area (Å²) in [5.41, 5.74) is 0. The van der Waals surface area contributed by atoms with E-state index in [-0.39, 0.29) is 6.54 Å². The second kappa shape index (κ2) is 8.35. The fraction of sp³-hybridized carbons (Fsp3) is 0.833. The quantitative estimate of drug-likeness (QED) is 0.391. The van der Waals surface area contributed by atoms with Crippen molar-refractivity contribution in [2.75, 3.05) is 47.5 Å². The third-order valence-electron chi connectivity index (χ3n) is 3.41. The van der Waals surface area contributed by atoms with Gasteiger partial charge in [-0.3, -0.25) is 9.48 Å². The van der Waals surface area contributed by atoms with Crippen LogP contribution in [0.3, 0.4) is 0 Å². The van der Waals surface area contributed by atoms with Crippen LogP contribution in [-0.2, 0) is 18.1 Å². The van der Waals surface area contributed by atoms with Crippen molar-refractivity contribution in [3.63, 3.8) is 0 Å². The number of hydrogen-bond acceptors (Lipinski definition) is 6. The Hall–Kier alpha value is -0.963. The number of hydrogen-bond donors (Lipinski definition) is 0. The summed E-state index contributed by atoms with van der Waals surface area (Å²) in [6.45, 7) is 2.47. The Labute approximate surface area is 121 Å². The third kappa shape index (κ3) is 5.20. The molecule has 1 aliphatic heterocycles. The van der Waals surface area contributed by atoms with E-state index in [1.54, 1.807) is 25.9 Å². The van der Waals surface area contributed by atoms with E-state index in [2.05, 4.69) is 4.90 Å². The zero-order chi connectivity index (χ0) is 15.0. The lowest BCUT2D eigenvalue weighted by molar-refractivity contribution is -0.533. The standard InChI is InChI=1S/C12H24N2O5Si/c1-17-20(18-2,19-3)9-5-8-13-6-4-7-14(11-13)10-12(15)16/h11H,4-10H2,1-3H3. The van der Waals surface area contributed by atoms with E-state index < -0.39 is 14.8 Å². The minimum Gasteiger partial charge on any atom is -0.546 e. The van der Waals surface area contributed by atoms with Crippen LogP contribution in [0.25, 0.3) is 0 Å². The van der Waals surface area contributed by atoms with Crippen LogP contribution in [0.2, 0.25) is 6.04 Å². The van der Waals surface area contributed by atoms with Crippen molar-refractivity contribution in [1.29, 1.82) is 0 Å². The fourth-order valence-electron chi connectivity index (χ4n) is 2.33. The Morgan fingerprint density at radius 2 is 2.00 bits per heavy atom. The van der Waals surface area contributed by atoms with Crippen molar-refractivity contribution in [2.24, 2.45) is 0 Å². The van der Waals surface area contributed by atoms with Crippen molar-refractivity contribution in [2.45, 2.75) is 18.9 Å². The molecule has 116 valence electrons. The van der Waals surface area contributed by atoms with E-state index in [1.165, 1.54) is 0 Å². The summed E-state index contributed by atoms with van der Waals surface area (Å²) in [6.07, 6.45) is 3.69. The van der Waals surface area contributed by atoms with Crippen molar-refractivity contribution in [3.8, 4) is 0 Å². The first-order valence-electron chi connectivity index (χ1n) is 6.73. The molecule has 0 spiro atoms. The third-order valence-corrected chi connectivity index (χ3v) is 6.24. The Kier molecular flexibility index (Phi) is 7.14. The molecule has 0 unspecified atom stereocenters. The molecule has 0 saturated carbocycles. The van der Waals surface area contributed by atoms with Gasteiger partial charge < -0.3 is 23.2 Å². The minimum absolute atomic E-state index is 0.0522. The number of carbonyl (C=O) groups excluding carboxylic acids is 1. The Morgan fingerprint density at radius 3 is 2.55 bits per heavy atom. The van der Waals surface area contributed by atoms with Crippen LogP contribution < -0.4 is 5.11 Å². The molecule has 0 N–H and O–H groups in total. The molecule has 0 aliphatic carbocycles. The smallest absolute Gasteiger partial charge is 0.500 e. The number of rotatable bonds is 9. The van der Waals surface area contributed by atoms with E-state index in [0.29, 0.717) is 0 Å². The first-order valence-corrected chi connectivity index (χ1v) is 8.67. The molecule has 0 fully saturated rings. The molecule has 0 saturated heterocycles. The van der Waals surface area contributed by atoms with Crippen LogP contribution in [0.15, 0.2) is 0 Å². The Balaban J connectivity index is 2.43. The maximum Gasteiger partial charge on any atom is 0.500 e. The van der Waals surface area contributed by atoms with Crippen molar-refractivity contribution in [1.82, 2.24) is 4.90 Å². The predicted molar refractivity (Wildman–Crippen MR) is 73.5 cm³/mol. The molecule has 0 bridgehead atoms. The highest BCUT2D eigenvalue weighted by molar-refractivity contribution is 6.60. The van der Waals surface area contributed by atoms with Crippen molar-refractivity contribution in [3.05, 3.63) is 0 Å². The van der Waals surface area contributed by atoms with Crippen LogP contribution in [-0.4, -0.2) is 78.1 Å².